The van der Waals surface area contributed by atoms with Crippen molar-refractivity contribution in [3.63, 3.8) is 0 Å². The highest BCUT2D eigenvalue weighted by atomic mass is 32.2. The molecule has 1 aromatic heterocycles. The van der Waals surface area contributed by atoms with Crippen molar-refractivity contribution in [3.05, 3.63) is 17.0 Å². The molecule has 7 heteroatoms. The lowest BCUT2D eigenvalue weighted by Crippen LogP contribution is -2.26. The van der Waals surface area contributed by atoms with Crippen molar-refractivity contribution in [2.24, 2.45) is 0 Å². The first-order chi connectivity index (χ1) is 7.83. The number of aromatic carboxylic acids is 1. The molecule has 1 aliphatic carbocycles. The minimum Gasteiger partial charge on any atom is -0.477 e. The second-order valence-corrected chi connectivity index (χ2v) is 5.93. The Morgan fingerprint density at radius 1 is 1.41 bits per heavy atom. The summed E-state index contributed by atoms with van der Waals surface area (Å²) in [5, 5.41) is 8.92. The van der Waals surface area contributed by atoms with Crippen LogP contribution >= 0.6 is 0 Å². The van der Waals surface area contributed by atoms with E-state index in [4.69, 9.17) is 5.11 Å². The maximum atomic E-state index is 12.0. The predicted octanol–water partition coefficient (Wildman–Crippen LogP) is 0.770. The normalized spacial score (nSPS) is 16.1. The Labute approximate surface area is 99.1 Å². The standard InChI is InChI=1S/C10H14N2O4S/c1-5-8(10(13)14)11-6(2)9(5)17(15,16)12-7-3-4-7/h7,11-12H,3-4H2,1-2H3,(H,13,14). The number of nitrogens with one attached hydrogen (secondary N) is 2. The van der Waals surface area contributed by atoms with Gasteiger partial charge in [0.05, 0.1) is 0 Å². The summed E-state index contributed by atoms with van der Waals surface area (Å²) in [5.41, 5.74) is 0.537. The molecule has 0 aromatic carbocycles. The summed E-state index contributed by atoms with van der Waals surface area (Å²) in [6.07, 6.45) is 1.68. The summed E-state index contributed by atoms with van der Waals surface area (Å²) in [5.74, 6) is -1.15. The highest BCUT2D eigenvalue weighted by Crippen LogP contribution is 2.27. The summed E-state index contributed by atoms with van der Waals surface area (Å²) < 4.78 is 26.6. The topological polar surface area (TPSA) is 99.3 Å². The summed E-state index contributed by atoms with van der Waals surface area (Å²) in [7, 11) is -3.62. The number of aromatic amines is 1. The van der Waals surface area contributed by atoms with Crippen molar-refractivity contribution in [1.82, 2.24) is 9.71 Å². The first-order valence-electron chi connectivity index (χ1n) is 5.27. The molecule has 0 aliphatic heterocycles. The molecule has 6 nitrogen and oxygen atoms in total. The molecule has 2 rings (SSSR count). The molecular weight excluding hydrogens is 244 g/mol. The average molecular weight is 258 g/mol. The first kappa shape index (κ1) is 12.1. The lowest BCUT2D eigenvalue weighted by atomic mass is 10.2. The highest BCUT2D eigenvalue weighted by Gasteiger charge is 2.32. The SMILES string of the molecule is Cc1[nH]c(C(=O)O)c(C)c1S(=O)(=O)NC1CC1. The number of carboxylic acids is 1. The molecule has 94 valence electrons. The van der Waals surface area contributed by atoms with Crippen molar-refractivity contribution in [2.75, 3.05) is 0 Å². The Morgan fingerprint density at radius 2 is 2.00 bits per heavy atom. The second kappa shape index (κ2) is 3.85. The van der Waals surface area contributed by atoms with Crippen molar-refractivity contribution >= 4 is 16.0 Å². The van der Waals surface area contributed by atoms with E-state index in [-0.39, 0.29) is 22.2 Å². The third-order valence-electron chi connectivity index (χ3n) is 2.75. The van der Waals surface area contributed by atoms with Crippen LogP contribution in [-0.2, 0) is 10.0 Å². The van der Waals surface area contributed by atoms with E-state index in [0.717, 1.165) is 12.8 Å². The van der Waals surface area contributed by atoms with Crippen molar-refractivity contribution in [1.29, 1.82) is 0 Å². The first-order valence-corrected chi connectivity index (χ1v) is 6.76. The monoisotopic (exact) mass is 258 g/mol. The van der Waals surface area contributed by atoms with Gasteiger partial charge < -0.3 is 10.1 Å². The molecule has 0 bridgehead atoms. The summed E-state index contributed by atoms with van der Waals surface area (Å²) in [4.78, 5) is 13.6. The van der Waals surface area contributed by atoms with Gasteiger partial charge >= 0.3 is 5.97 Å². The van der Waals surface area contributed by atoms with Crippen molar-refractivity contribution in [3.8, 4) is 0 Å². The maximum Gasteiger partial charge on any atom is 0.352 e. The van der Waals surface area contributed by atoms with Crippen LogP contribution in [-0.4, -0.2) is 30.5 Å². The molecule has 0 amide bonds. The van der Waals surface area contributed by atoms with Gasteiger partial charge in [0.2, 0.25) is 10.0 Å². The van der Waals surface area contributed by atoms with Gasteiger partial charge in [-0.1, -0.05) is 0 Å². The smallest absolute Gasteiger partial charge is 0.352 e. The van der Waals surface area contributed by atoms with Crippen LogP contribution < -0.4 is 4.72 Å². The minimum absolute atomic E-state index is 0.00183. The zero-order valence-corrected chi connectivity index (χ0v) is 10.4. The number of carbonyl (C=O) groups is 1. The lowest BCUT2D eigenvalue weighted by Gasteiger charge is -2.05. The molecule has 17 heavy (non-hydrogen) atoms. The van der Waals surface area contributed by atoms with E-state index in [1.807, 2.05) is 0 Å². The van der Waals surface area contributed by atoms with E-state index in [0.29, 0.717) is 5.69 Å². The van der Waals surface area contributed by atoms with Gasteiger partial charge in [-0.3, -0.25) is 0 Å². The second-order valence-electron chi connectivity index (χ2n) is 4.28. The van der Waals surface area contributed by atoms with E-state index in [1.165, 1.54) is 6.92 Å². The van der Waals surface area contributed by atoms with Crippen LogP contribution in [0.3, 0.4) is 0 Å². The van der Waals surface area contributed by atoms with Gasteiger partial charge in [-0.05, 0) is 26.7 Å². The molecular formula is C10H14N2O4S. The van der Waals surface area contributed by atoms with E-state index < -0.39 is 16.0 Å². The Bertz CT molecular complexity index is 569. The Balaban J connectivity index is 2.47. The Hall–Kier alpha value is -1.34. The van der Waals surface area contributed by atoms with Gasteiger partial charge in [-0.15, -0.1) is 0 Å². The zero-order chi connectivity index (χ0) is 12.8. The number of aryl methyl sites for hydroxylation is 1. The number of H-pyrrole nitrogens is 1. The summed E-state index contributed by atoms with van der Waals surface area (Å²) >= 11 is 0. The fraction of sp³-hybridized carbons (Fsp3) is 0.500. The molecule has 1 fully saturated rings. The number of aromatic nitrogens is 1. The van der Waals surface area contributed by atoms with Gasteiger partial charge in [0, 0.05) is 17.3 Å². The molecule has 0 radical (unpaired) electrons. The molecule has 1 aliphatic rings. The number of rotatable bonds is 4. The number of hydrogen-bond donors (Lipinski definition) is 3. The molecule has 3 N–H and O–H groups in total. The Kier molecular flexibility index (Phi) is 2.75. The molecule has 0 unspecified atom stereocenters. The van der Waals surface area contributed by atoms with Crippen LogP contribution in [0.5, 0.6) is 0 Å². The number of carboxylic acid groups (broad SMARTS) is 1. The molecule has 0 spiro atoms. The van der Waals surface area contributed by atoms with Crippen LogP contribution in [0.1, 0.15) is 34.6 Å². The highest BCUT2D eigenvalue weighted by molar-refractivity contribution is 7.89. The van der Waals surface area contributed by atoms with Gasteiger partial charge in [0.1, 0.15) is 10.6 Å². The van der Waals surface area contributed by atoms with Crippen LogP contribution in [0, 0.1) is 13.8 Å². The van der Waals surface area contributed by atoms with Crippen LogP contribution in [0.15, 0.2) is 4.90 Å². The van der Waals surface area contributed by atoms with Crippen LogP contribution in [0.25, 0.3) is 0 Å². The quantitative estimate of drug-likeness (QED) is 0.742. The Morgan fingerprint density at radius 3 is 2.41 bits per heavy atom. The molecule has 0 saturated heterocycles. The van der Waals surface area contributed by atoms with Gasteiger partial charge in [-0.25, -0.2) is 17.9 Å². The van der Waals surface area contributed by atoms with E-state index in [9.17, 15) is 13.2 Å². The molecule has 1 heterocycles. The summed E-state index contributed by atoms with van der Waals surface area (Å²) in [6, 6.07) is 0.00183. The molecule has 1 aromatic rings. The third kappa shape index (κ3) is 2.20. The fourth-order valence-electron chi connectivity index (χ4n) is 1.83. The molecule has 0 atom stereocenters. The maximum absolute atomic E-state index is 12.0. The number of sulfonamides is 1. The third-order valence-corrected chi connectivity index (χ3v) is 4.54. The van der Waals surface area contributed by atoms with Crippen molar-refractivity contribution < 1.29 is 18.3 Å². The molecule has 1 saturated carbocycles. The fourth-order valence-corrected chi connectivity index (χ4v) is 3.58. The van der Waals surface area contributed by atoms with Crippen molar-refractivity contribution in [2.45, 2.75) is 37.6 Å². The van der Waals surface area contributed by atoms with Gasteiger partial charge in [0.15, 0.2) is 0 Å². The van der Waals surface area contributed by atoms with E-state index >= 15 is 0 Å². The van der Waals surface area contributed by atoms with Crippen LogP contribution in [0.2, 0.25) is 0 Å². The van der Waals surface area contributed by atoms with Gasteiger partial charge in [-0.2, -0.15) is 0 Å². The largest absolute Gasteiger partial charge is 0.477 e. The van der Waals surface area contributed by atoms with Crippen LogP contribution in [0.4, 0.5) is 0 Å². The zero-order valence-electron chi connectivity index (χ0n) is 9.57. The lowest BCUT2D eigenvalue weighted by molar-refractivity contribution is 0.0690. The summed E-state index contributed by atoms with van der Waals surface area (Å²) in [6.45, 7) is 3.05. The van der Waals surface area contributed by atoms with E-state index in [2.05, 4.69) is 9.71 Å². The number of hydrogen-bond acceptors (Lipinski definition) is 3. The minimum atomic E-state index is -3.62. The predicted molar refractivity (Wildman–Crippen MR) is 60.6 cm³/mol. The van der Waals surface area contributed by atoms with E-state index in [1.54, 1.807) is 6.92 Å². The average Bonchev–Trinajstić information content (AvgIpc) is 2.90. The van der Waals surface area contributed by atoms with Gasteiger partial charge in [0.25, 0.3) is 0 Å².